The Morgan fingerprint density at radius 2 is 1.96 bits per heavy atom. The van der Waals surface area contributed by atoms with Gasteiger partial charge in [-0.05, 0) is 49.6 Å². The van der Waals surface area contributed by atoms with Crippen molar-refractivity contribution in [3.05, 3.63) is 65.0 Å². The third kappa shape index (κ3) is 4.17. The fourth-order valence-corrected chi connectivity index (χ4v) is 3.59. The van der Waals surface area contributed by atoms with E-state index in [0.717, 1.165) is 29.7 Å². The van der Waals surface area contributed by atoms with E-state index in [9.17, 15) is 4.79 Å². The second-order valence-electron chi connectivity index (χ2n) is 7.03. The Hall–Kier alpha value is -2.86. The fourth-order valence-electron chi connectivity index (χ4n) is 3.40. The molecule has 2 amide bonds. The Bertz CT molecular complexity index is 980. The first kappa shape index (κ1) is 18.5. The van der Waals surface area contributed by atoms with E-state index in [1.807, 2.05) is 60.4 Å². The molecule has 2 heterocycles. The molecule has 0 unspecified atom stereocenters. The lowest BCUT2D eigenvalue weighted by molar-refractivity contribution is 0.187. The topological polar surface area (TPSA) is 71.3 Å². The van der Waals surface area contributed by atoms with Crippen LogP contribution in [0.1, 0.15) is 30.2 Å². The number of hydrogen-bond acceptors (Lipinski definition) is 4. The van der Waals surface area contributed by atoms with E-state index >= 15 is 0 Å². The van der Waals surface area contributed by atoms with Gasteiger partial charge < -0.3 is 14.7 Å². The third-order valence-corrected chi connectivity index (χ3v) is 5.16. The monoisotopic (exact) mass is 396 g/mol. The van der Waals surface area contributed by atoms with Crippen LogP contribution in [0.5, 0.6) is 0 Å². The summed E-state index contributed by atoms with van der Waals surface area (Å²) in [6.45, 7) is 3.30. The molecule has 1 fully saturated rings. The Labute approximate surface area is 168 Å². The van der Waals surface area contributed by atoms with Gasteiger partial charge in [0.25, 0.3) is 0 Å². The molecule has 0 aliphatic carbocycles. The normalized spacial score (nSPS) is 14.9. The van der Waals surface area contributed by atoms with Crippen molar-refractivity contribution in [1.82, 2.24) is 15.0 Å². The summed E-state index contributed by atoms with van der Waals surface area (Å²) < 4.78 is 5.48. The largest absolute Gasteiger partial charge is 0.339 e. The maximum Gasteiger partial charge on any atom is 0.321 e. The van der Waals surface area contributed by atoms with E-state index in [1.54, 1.807) is 0 Å². The van der Waals surface area contributed by atoms with Gasteiger partial charge in [0.2, 0.25) is 11.7 Å². The molecule has 7 heteroatoms. The summed E-state index contributed by atoms with van der Waals surface area (Å²) >= 11 is 6.03. The highest BCUT2D eigenvalue weighted by Gasteiger charge is 2.27. The van der Waals surface area contributed by atoms with Crippen LogP contribution in [0.15, 0.2) is 53.1 Å². The first-order chi connectivity index (χ1) is 13.6. The smallest absolute Gasteiger partial charge is 0.321 e. The lowest BCUT2D eigenvalue weighted by Gasteiger charge is -2.30. The minimum atomic E-state index is -0.0748. The van der Waals surface area contributed by atoms with E-state index in [2.05, 4.69) is 15.5 Å². The number of piperidine rings is 1. The van der Waals surface area contributed by atoms with Crippen molar-refractivity contribution in [3.8, 4) is 11.4 Å². The molecule has 6 nitrogen and oxygen atoms in total. The number of rotatable bonds is 3. The van der Waals surface area contributed by atoms with Gasteiger partial charge in [-0.2, -0.15) is 4.98 Å². The summed E-state index contributed by atoms with van der Waals surface area (Å²) in [5.74, 6) is 1.31. The number of urea groups is 1. The molecule has 1 aliphatic heterocycles. The molecule has 2 aromatic carbocycles. The molecule has 1 aromatic heterocycles. The highest BCUT2D eigenvalue weighted by molar-refractivity contribution is 6.30. The minimum absolute atomic E-state index is 0.0748. The number of anilines is 1. The van der Waals surface area contributed by atoms with Crippen molar-refractivity contribution >= 4 is 23.3 Å². The van der Waals surface area contributed by atoms with Crippen LogP contribution in [-0.2, 0) is 0 Å². The van der Waals surface area contributed by atoms with Gasteiger partial charge in [0.1, 0.15) is 0 Å². The number of hydrogen-bond donors (Lipinski definition) is 1. The lowest BCUT2D eigenvalue weighted by atomic mass is 9.97. The van der Waals surface area contributed by atoms with Crippen LogP contribution >= 0.6 is 11.6 Å². The standard InChI is InChI=1S/C21H21ClN4O2/c1-14-4-2-7-18(12-14)23-21(27)26-10-8-15(9-11-26)20-24-19(25-28-20)16-5-3-6-17(22)13-16/h2-7,12-13,15H,8-11H2,1H3,(H,23,27). The summed E-state index contributed by atoms with van der Waals surface area (Å²) in [7, 11) is 0. The molecule has 0 radical (unpaired) electrons. The van der Waals surface area contributed by atoms with Gasteiger partial charge in [-0.15, -0.1) is 0 Å². The molecule has 0 bridgehead atoms. The fraction of sp³-hybridized carbons (Fsp3) is 0.286. The molecular formula is C21H21ClN4O2. The highest BCUT2D eigenvalue weighted by Crippen LogP contribution is 2.29. The van der Waals surface area contributed by atoms with Crippen molar-refractivity contribution in [2.45, 2.75) is 25.7 Å². The number of aromatic nitrogens is 2. The summed E-state index contributed by atoms with van der Waals surface area (Å²) in [5, 5.41) is 7.68. The second kappa shape index (κ2) is 8.02. The van der Waals surface area contributed by atoms with E-state index in [1.165, 1.54) is 0 Å². The summed E-state index contributed by atoms with van der Waals surface area (Å²) in [4.78, 5) is 18.9. The average molecular weight is 397 g/mol. The quantitative estimate of drug-likeness (QED) is 0.667. The molecule has 3 aromatic rings. The van der Waals surface area contributed by atoms with Crippen LogP contribution < -0.4 is 5.32 Å². The Balaban J connectivity index is 1.36. The van der Waals surface area contributed by atoms with Crippen LogP contribution in [0.25, 0.3) is 11.4 Å². The number of nitrogens with zero attached hydrogens (tertiary/aromatic N) is 3. The Morgan fingerprint density at radius 3 is 2.71 bits per heavy atom. The van der Waals surface area contributed by atoms with E-state index in [4.69, 9.17) is 16.1 Å². The number of carbonyl (C=O) groups is 1. The summed E-state index contributed by atoms with van der Waals surface area (Å²) in [6, 6.07) is 15.1. The van der Waals surface area contributed by atoms with Gasteiger partial charge in [-0.3, -0.25) is 0 Å². The van der Waals surface area contributed by atoms with Gasteiger partial charge in [0.05, 0.1) is 0 Å². The minimum Gasteiger partial charge on any atom is -0.339 e. The second-order valence-corrected chi connectivity index (χ2v) is 7.46. The van der Waals surface area contributed by atoms with E-state index in [-0.39, 0.29) is 11.9 Å². The molecular weight excluding hydrogens is 376 g/mol. The third-order valence-electron chi connectivity index (χ3n) is 4.93. The summed E-state index contributed by atoms with van der Waals surface area (Å²) in [5.41, 5.74) is 2.76. The molecule has 4 rings (SSSR count). The van der Waals surface area contributed by atoms with Crippen LogP contribution in [-0.4, -0.2) is 34.2 Å². The number of carbonyl (C=O) groups excluding carboxylic acids is 1. The molecule has 1 aliphatic rings. The van der Waals surface area contributed by atoms with Crippen LogP contribution in [0.2, 0.25) is 5.02 Å². The molecule has 1 N–H and O–H groups in total. The molecule has 0 saturated carbocycles. The first-order valence-electron chi connectivity index (χ1n) is 9.30. The number of nitrogens with one attached hydrogen (secondary N) is 1. The highest BCUT2D eigenvalue weighted by atomic mass is 35.5. The van der Waals surface area contributed by atoms with E-state index in [0.29, 0.717) is 29.8 Å². The van der Waals surface area contributed by atoms with Gasteiger partial charge in [-0.25, -0.2) is 4.79 Å². The zero-order chi connectivity index (χ0) is 19.5. The Kier molecular flexibility index (Phi) is 5.30. The lowest BCUT2D eigenvalue weighted by Crippen LogP contribution is -2.40. The van der Waals surface area contributed by atoms with Crippen molar-refractivity contribution < 1.29 is 9.32 Å². The SMILES string of the molecule is Cc1cccc(NC(=O)N2CCC(c3nc(-c4cccc(Cl)c4)no3)CC2)c1. The van der Waals surface area contributed by atoms with Crippen molar-refractivity contribution in [2.75, 3.05) is 18.4 Å². The number of likely N-dealkylation sites (tertiary alicyclic amines) is 1. The Morgan fingerprint density at radius 1 is 1.18 bits per heavy atom. The zero-order valence-electron chi connectivity index (χ0n) is 15.6. The number of benzene rings is 2. The first-order valence-corrected chi connectivity index (χ1v) is 9.68. The molecule has 0 spiro atoms. The van der Waals surface area contributed by atoms with Gasteiger partial charge in [0.15, 0.2) is 0 Å². The maximum atomic E-state index is 12.5. The van der Waals surface area contributed by atoms with Gasteiger partial charge in [0, 0.05) is 35.3 Å². The zero-order valence-corrected chi connectivity index (χ0v) is 16.3. The van der Waals surface area contributed by atoms with Crippen LogP contribution in [0.4, 0.5) is 10.5 Å². The van der Waals surface area contributed by atoms with Crippen molar-refractivity contribution in [1.29, 1.82) is 0 Å². The molecule has 0 atom stereocenters. The predicted octanol–water partition coefficient (Wildman–Crippen LogP) is 5.11. The molecule has 1 saturated heterocycles. The van der Waals surface area contributed by atoms with Crippen LogP contribution in [0.3, 0.4) is 0 Å². The van der Waals surface area contributed by atoms with Crippen LogP contribution in [0, 0.1) is 6.92 Å². The van der Waals surface area contributed by atoms with Gasteiger partial charge >= 0.3 is 6.03 Å². The van der Waals surface area contributed by atoms with E-state index < -0.39 is 0 Å². The average Bonchev–Trinajstić information content (AvgIpc) is 3.18. The molecule has 28 heavy (non-hydrogen) atoms. The summed E-state index contributed by atoms with van der Waals surface area (Å²) in [6.07, 6.45) is 1.58. The molecule has 144 valence electrons. The number of amides is 2. The van der Waals surface area contributed by atoms with Crippen molar-refractivity contribution in [3.63, 3.8) is 0 Å². The predicted molar refractivity (Wildman–Crippen MR) is 108 cm³/mol. The number of halogens is 1. The van der Waals surface area contributed by atoms with Crippen molar-refractivity contribution in [2.24, 2.45) is 0 Å². The maximum absolute atomic E-state index is 12.5. The number of aryl methyl sites for hydroxylation is 1. The van der Waals surface area contributed by atoms with Gasteiger partial charge in [-0.1, -0.05) is 41.0 Å².